The fourth-order valence-electron chi connectivity index (χ4n) is 2.73. The smallest absolute Gasteiger partial charge is 0.343 e. The molecule has 1 fully saturated rings. The van der Waals surface area contributed by atoms with E-state index in [1.165, 1.54) is 0 Å². The van der Waals surface area contributed by atoms with Gasteiger partial charge >= 0.3 is 5.97 Å². The Hall–Kier alpha value is -2.58. The highest BCUT2D eigenvalue weighted by atomic mass is 16.5. The maximum absolute atomic E-state index is 11.7. The standard InChI is InChI=1S/C17H20N2O6/c1-23-12-4-2-11(3-5-12)14-13(16(20)21)15(19-25-14)18-10-17(22)6-8-24-9-7-17/h2-5,22H,6-10H2,1H3,(H,18,19)(H,20,21). The zero-order chi connectivity index (χ0) is 17.9. The van der Waals surface area contributed by atoms with Crippen molar-refractivity contribution in [2.24, 2.45) is 0 Å². The number of benzene rings is 1. The van der Waals surface area contributed by atoms with Crippen LogP contribution in [0.2, 0.25) is 0 Å². The van der Waals surface area contributed by atoms with Crippen molar-refractivity contribution in [1.82, 2.24) is 5.16 Å². The van der Waals surface area contributed by atoms with Gasteiger partial charge < -0.3 is 29.5 Å². The van der Waals surface area contributed by atoms with E-state index in [1.807, 2.05) is 0 Å². The summed E-state index contributed by atoms with van der Waals surface area (Å²) in [5, 5.41) is 26.8. The van der Waals surface area contributed by atoms with Gasteiger partial charge in [-0.25, -0.2) is 4.79 Å². The van der Waals surface area contributed by atoms with Crippen LogP contribution >= 0.6 is 0 Å². The zero-order valence-corrected chi connectivity index (χ0v) is 13.8. The molecule has 0 aliphatic carbocycles. The predicted molar refractivity (Wildman–Crippen MR) is 88.9 cm³/mol. The van der Waals surface area contributed by atoms with E-state index in [4.69, 9.17) is 14.0 Å². The number of methoxy groups -OCH3 is 1. The molecule has 0 amide bonds. The molecule has 0 saturated carbocycles. The summed E-state index contributed by atoms with van der Waals surface area (Å²) in [5.41, 5.74) is -0.447. The molecule has 2 heterocycles. The number of hydrogen-bond donors (Lipinski definition) is 3. The van der Waals surface area contributed by atoms with Crippen LogP contribution in [-0.2, 0) is 4.74 Å². The summed E-state index contributed by atoms with van der Waals surface area (Å²) in [6, 6.07) is 6.81. The minimum atomic E-state index is -1.16. The third-order valence-electron chi connectivity index (χ3n) is 4.27. The Morgan fingerprint density at radius 2 is 2.00 bits per heavy atom. The molecule has 0 bridgehead atoms. The van der Waals surface area contributed by atoms with Crippen LogP contribution in [0.4, 0.5) is 5.82 Å². The second kappa shape index (κ2) is 7.12. The summed E-state index contributed by atoms with van der Waals surface area (Å²) in [7, 11) is 1.55. The Kier molecular flexibility index (Phi) is 4.91. The number of carbonyl (C=O) groups is 1. The number of anilines is 1. The monoisotopic (exact) mass is 348 g/mol. The number of nitrogens with one attached hydrogen (secondary N) is 1. The first-order chi connectivity index (χ1) is 12.0. The fourth-order valence-corrected chi connectivity index (χ4v) is 2.73. The van der Waals surface area contributed by atoms with Crippen LogP contribution in [0.5, 0.6) is 5.75 Å². The van der Waals surface area contributed by atoms with Gasteiger partial charge in [0.2, 0.25) is 0 Å². The van der Waals surface area contributed by atoms with Crippen molar-refractivity contribution < 1.29 is 29.0 Å². The average molecular weight is 348 g/mol. The first-order valence-electron chi connectivity index (χ1n) is 7.94. The summed E-state index contributed by atoms with van der Waals surface area (Å²) >= 11 is 0. The molecule has 0 unspecified atom stereocenters. The molecular formula is C17H20N2O6. The first-order valence-corrected chi connectivity index (χ1v) is 7.94. The highest BCUT2D eigenvalue weighted by Crippen LogP contribution is 2.31. The molecule has 1 saturated heterocycles. The molecule has 1 aromatic heterocycles. The SMILES string of the molecule is COc1ccc(-c2onc(NCC3(O)CCOCC3)c2C(=O)O)cc1. The van der Waals surface area contributed by atoms with Gasteiger partial charge in [0, 0.05) is 38.2 Å². The third kappa shape index (κ3) is 3.75. The highest BCUT2D eigenvalue weighted by molar-refractivity contribution is 5.99. The molecule has 0 atom stereocenters. The highest BCUT2D eigenvalue weighted by Gasteiger charge is 2.31. The van der Waals surface area contributed by atoms with Crippen LogP contribution in [0.25, 0.3) is 11.3 Å². The maximum Gasteiger partial charge on any atom is 0.343 e. The van der Waals surface area contributed by atoms with Crippen LogP contribution in [0.1, 0.15) is 23.2 Å². The summed E-state index contributed by atoms with van der Waals surface area (Å²) < 4.78 is 15.6. The van der Waals surface area contributed by atoms with Crippen LogP contribution in [0, 0.1) is 0 Å². The van der Waals surface area contributed by atoms with Crippen molar-refractivity contribution in [3.8, 4) is 17.1 Å². The van der Waals surface area contributed by atoms with E-state index in [0.29, 0.717) is 37.4 Å². The minimum absolute atomic E-state index is 0.0687. The van der Waals surface area contributed by atoms with Crippen molar-refractivity contribution >= 4 is 11.8 Å². The van der Waals surface area contributed by atoms with E-state index in [9.17, 15) is 15.0 Å². The number of hydrogen-bond acceptors (Lipinski definition) is 7. The van der Waals surface area contributed by atoms with Gasteiger partial charge in [0.15, 0.2) is 17.1 Å². The number of aliphatic hydroxyl groups is 1. The quantitative estimate of drug-likeness (QED) is 0.726. The zero-order valence-electron chi connectivity index (χ0n) is 13.8. The van der Waals surface area contributed by atoms with Gasteiger partial charge in [-0.05, 0) is 24.3 Å². The molecule has 25 heavy (non-hydrogen) atoms. The van der Waals surface area contributed by atoms with Gasteiger partial charge in [-0.2, -0.15) is 0 Å². The van der Waals surface area contributed by atoms with Crippen molar-refractivity contribution in [2.45, 2.75) is 18.4 Å². The van der Waals surface area contributed by atoms with E-state index >= 15 is 0 Å². The number of aromatic carboxylic acids is 1. The lowest BCUT2D eigenvalue weighted by atomic mass is 9.94. The molecule has 8 heteroatoms. The summed E-state index contributed by atoms with van der Waals surface area (Å²) in [6.45, 7) is 1.12. The Morgan fingerprint density at radius 1 is 1.32 bits per heavy atom. The lowest BCUT2D eigenvalue weighted by molar-refractivity contribution is -0.0544. The summed E-state index contributed by atoms with van der Waals surface area (Å²) in [5.74, 6) is -0.261. The largest absolute Gasteiger partial charge is 0.497 e. The molecule has 1 aliphatic rings. The van der Waals surface area contributed by atoms with Crippen LogP contribution in [0.3, 0.4) is 0 Å². The topological polar surface area (TPSA) is 114 Å². The van der Waals surface area contributed by atoms with E-state index in [-0.39, 0.29) is 23.7 Å². The maximum atomic E-state index is 11.7. The van der Waals surface area contributed by atoms with Crippen molar-refractivity contribution in [3.05, 3.63) is 29.8 Å². The summed E-state index contributed by atoms with van der Waals surface area (Å²) in [4.78, 5) is 11.7. The molecule has 0 spiro atoms. The average Bonchev–Trinajstić information content (AvgIpc) is 3.05. The lowest BCUT2D eigenvalue weighted by Gasteiger charge is -2.32. The number of nitrogens with zero attached hydrogens (tertiary/aromatic N) is 1. The van der Waals surface area contributed by atoms with E-state index in [1.54, 1.807) is 31.4 Å². The van der Waals surface area contributed by atoms with Gasteiger partial charge in [0.1, 0.15) is 5.75 Å². The molecule has 8 nitrogen and oxygen atoms in total. The molecule has 0 radical (unpaired) electrons. The van der Waals surface area contributed by atoms with Gasteiger partial charge in [-0.1, -0.05) is 5.16 Å². The Labute approximate surface area is 144 Å². The van der Waals surface area contributed by atoms with Crippen LogP contribution in [0.15, 0.2) is 28.8 Å². The van der Waals surface area contributed by atoms with Crippen LogP contribution < -0.4 is 10.1 Å². The fraction of sp³-hybridized carbons (Fsp3) is 0.412. The van der Waals surface area contributed by atoms with E-state index in [2.05, 4.69) is 10.5 Å². The molecule has 1 aromatic carbocycles. The van der Waals surface area contributed by atoms with Crippen molar-refractivity contribution in [1.29, 1.82) is 0 Å². The second-order valence-corrected chi connectivity index (χ2v) is 5.96. The van der Waals surface area contributed by atoms with Gasteiger partial charge in [-0.15, -0.1) is 0 Å². The normalized spacial score (nSPS) is 16.4. The number of carboxylic acid groups (broad SMARTS) is 1. The number of aromatic nitrogens is 1. The number of rotatable bonds is 6. The first kappa shape index (κ1) is 17.2. The second-order valence-electron chi connectivity index (χ2n) is 5.96. The number of carboxylic acids is 1. The molecule has 3 N–H and O–H groups in total. The Balaban J connectivity index is 1.82. The Morgan fingerprint density at radius 3 is 2.60 bits per heavy atom. The summed E-state index contributed by atoms with van der Waals surface area (Å²) in [6.07, 6.45) is 0.956. The molecule has 1 aliphatic heterocycles. The third-order valence-corrected chi connectivity index (χ3v) is 4.27. The van der Waals surface area contributed by atoms with Gasteiger partial charge in [0.25, 0.3) is 0 Å². The lowest BCUT2D eigenvalue weighted by Crippen LogP contribution is -2.42. The molecular weight excluding hydrogens is 328 g/mol. The van der Waals surface area contributed by atoms with Gasteiger partial charge in [0.05, 0.1) is 12.7 Å². The minimum Gasteiger partial charge on any atom is -0.497 e. The molecule has 2 aromatic rings. The van der Waals surface area contributed by atoms with E-state index in [0.717, 1.165) is 0 Å². The van der Waals surface area contributed by atoms with E-state index < -0.39 is 11.6 Å². The Bertz CT molecular complexity index is 734. The van der Waals surface area contributed by atoms with Crippen molar-refractivity contribution in [3.63, 3.8) is 0 Å². The number of ether oxygens (including phenoxy) is 2. The molecule has 134 valence electrons. The molecule has 3 rings (SSSR count). The van der Waals surface area contributed by atoms with Gasteiger partial charge in [-0.3, -0.25) is 0 Å². The van der Waals surface area contributed by atoms with Crippen LogP contribution in [-0.4, -0.2) is 53.8 Å². The predicted octanol–water partition coefficient (Wildman–Crippen LogP) is 2.00. The van der Waals surface area contributed by atoms with Crippen molar-refractivity contribution in [2.75, 3.05) is 32.2 Å².